The molecule has 31 heavy (non-hydrogen) atoms. The van der Waals surface area contributed by atoms with E-state index in [4.69, 9.17) is 30.5 Å². The first-order valence-electron chi connectivity index (χ1n) is 9.53. The predicted octanol–water partition coefficient (Wildman–Crippen LogP) is 1.31. The molecule has 3 heterocycles. The van der Waals surface area contributed by atoms with Crippen molar-refractivity contribution in [3.8, 4) is 11.3 Å². The summed E-state index contributed by atoms with van der Waals surface area (Å²) in [7, 11) is 0. The largest absolute Gasteiger partial charge is 0.481 e. The van der Waals surface area contributed by atoms with Crippen LogP contribution in [0, 0.1) is 0 Å². The highest BCUT2D eigenvalue weighted by atomic mass is 16.5. The molecule has 0 aliphatic heterocycles. The Morgan fingerprint density at radius 2 is 1.94 bits per heavy atom. The van der Waals surface area contributed by atoms with Crippen molar-refractivity contribution in [1.82, 2.24) is 24.7 Å². The number of anilines is 2. The molecule has 0 bridgehead atoms. The molecule has 0 atom stereocenters. The number of nitrogen functional groups attached to an aromatic ring is 2. The van der Waals surface area contributed by atoms with Gasteiger partial charge in [-0.25, -0.2) is 14.6 Å². The Morgan fingerprint density at radius 3 is 2.74 bits per heavy atom. The van der Waals surface area contributed by atoms with Gasteiger partial charge in [-0.15, -0.1) is 0 Å². The summed E-state index contributed by atoms with van der Waals surface area (Å²) in [5.74, 6) is -0.575. The first kappa shape index (κ1) is 20.5. The van der Waals surface area contributed by atoms with Gasteiger partial charge in [0.15, 0.2) is 11.2 Å². The van der Waals surface area contributed by atoms with Crippen molar-refractivity contribution < 1.29 is 23.8 Å². The molecule has 0 aliphatic rings. The lowest BCUT2D eigenvalue weighted by Gasteiger charge is -2.06. The highest BCUT2D eigenvalue weighted by molar-refractivity contribution is 5.99. The number of nitrogens with zero attached hydrogens (tertiary/aromatic N) is 5. The summed E-state index contributed by atoms with van der Waals surface area (Å²) in [6, 6.07) is 5.52. The van der Waals surface area contributed by atoms with Gasteiger partial charge in [0.1, 0.15) is 23.4 Å². The van der Waals surface area contributed by atoms with Crippen molar-refractivity contribution in [2.45, 2.75) is 13.0 Å². The van der Waals surface area contributed by atoms with Gasteiger partial charge in [-0.3, -0.25) is 4.79 Å². The van der Waals surface area contributed by atoms with Crippen LogP contribution in [0.3, 0.4) is 0 Å². The molecule has 12 nitrogen and oxygen atoms in total. The van der Waals surface area contributed by atoms with Gasteiger partial charge in [0.05, 0.1) is 44.8 Å². The van der Waals surface area contributed by atoms with E-state index in [1.807, 2.05) is 12.1 Å². The number of hydrogen-bond donors (Lipinski definition) is 3. The molecule has 0 fully saturated rings. The molecule has 0 saturated carbocycles. The van der Waals surface area contributed by atoms with Crippen LogP contribution in [0.25, 0.3) is 33.4 Å². The first-order chi connectivity index (χ1) is 15.0. The molecule has 5 N–H and O–H groups in total. The lowest BCUT2D eigenvalue weighted by Crippen LogP contribution is -2.12. The van der Waals surface area contributed by atoms with Crippen molar-refractivity contribution in [1.29, 1.82) is 0 Å². The van der Waals surface area contributed by atoms with Crippen molar-refractivity contribution in [3.05, 3.63) is 24.5 Å². The number of aliphatic carboxylic acids is 1. The molecular weight excluding hydrogens is 406 g/mol. The molecule has 4 rings (SSSR count). The zero-order valence-electron chi connectivity index (χ0n) is 16.5. The molecule has 3 aromatic heterocycles. The normalized spacial score (nSPS) is 11.5. The summed E-state index contributed by atoms with van der Waals surface area (Å²) < 4.78 is 17.8. The standard InChI is InChI=1S/C19H21N7O5/c20-17-15-16(11-1-2-13-12(9-11)24-19(21)31-13)25-26(18(15)23-10-22-17)4-6-30-8-7-29-5-3-14(27)28/h1-2,9-10H,3-8H2,(H2,21,24)(H,27,28)(H2,20,22,23). The van der Waals surface area contributed by atoms with Gasteiger partial charge >= 0.3 is 5.97 Å². The van der Waals surface area contributed by atoms with Crippen molar-refractivity contribution in [2.24, 2.45) is 0 Å². The molecule has 1 aromatic carbocycles. The minimum Gasteiger partial charge on any atom is -0.481 e. The second kappa shape index (κ2) is 8.93. The van der Waals surface area contributed by atoms with Gasteiger partial charge < -0.3 is 30.5 Å². The number of carbonyl (C=O) groups is 1. The van der Waals surface area contributed by atoms with Crippen LogP contribution in [-0.2, 0) is 20.8 Å². The smallest absolute Gasteiger partial charge is 0.305 e. The first-order valence-corrected chi connectivity index (χ1v) is 9.53. The lowest BCUT2D eigenvalue weighted by molar-refractivity contribution is -0.138. The third-order valence-corrected chi connectivity index (χ3v) is 4.52. The topological polar surface area (TPSA) is 177 Å². The van der Waals surface area contributed by atoms with E-state index >= 15 is 0 Å². The van der Waals surface area contributed by atoms with Crippen LogP contribution in [0.1, 0.15) is 6.42 Å². The van der Waals surface area contributed by atoms with E-state index < -0.39 is 5.97 Å². The van der Waals surface area contributed by atoms with E-state index in [-0.39, 0.29) is 19.0 Å². The number of carboxylic acids is 1. The number of benzene rings is 1. The molecule has 4 aromatic rings. The molecule has 0 aliphatic carbocycles. The fourth-order valence-corrected chi connectivity index (χ4v) is 3.11. The van der Waals surface area contributed by atoms with Crippen LogP contribution >= 0.6 is 0 Å². The number of rotatable bonds is 10. The predicted molar refractivity (Wildman–Crippen MR) is 111 cm³/mol. The quantitative estimate of drug-likeness (QED) is 0.311. The average Bonchev–Trinajstić information content (AvgIpc) is 3.29. The average molecular weight is 427 g/mol. The van der Waals surface area contributed by atoms with E-state index in [0.29, 0.717) is 60.0 Å². The third-order valence-electron chi connectivity index (χ3n) is 4.52. The Balaban J connectivity index is 1.48. The molecule has 0 saturated heterocycles. The fraction of sp³-hybridized carbons (Fsp3) is 0.316. The van der Waals surface area contributed by atoms with E-state index in [1.165, 1.54) is 6.33 Å². The Labute approximate surface area is 175 Å². The molecular formula is C19H21N7O5. The van der Waals surface area contributed by atoms with Crippen LogP contribution in [0.2, 0.25) is 0 Å². The maximum atomic E-state index is 10.4. The number of ether oxygens (including phenoxy) is 2. The molecule has 0 amide bonds. The van der Waals surface area contributed by atoms with E-state index in [1.54, 1.807) is 10.7 Å². The Morgan fingerprint density at radius 1 is 1.13 bits per heavy atom. The van der Waals surface area contributed by atoms with Gasteiger partial charge in [-0.1, -0.05) is 0 Å². The van der Waals surface area contributed by atoms with Crippen molar-refractivity contribution in [2.75, 3.05) is 37.9 Å². The zero-order valence-corrected chi connectivity index (χ0v) is 16.5. The van der Waals surface area contributed by atoms with E-state index in [9.17, 15) is 4.79 Å². The third kappa shape index (κ3) is 4.54. The Hall–Kier alpha value is -3.77. The summed E-state index contributed by atoms with van der Waals surface area (Å²) in [6.07, 6.45) is 1.36. The monoisotopic (exact) mass is 427 g/mol. The van der Waals surface area contributed by atoms with E-state index in [0.717, 1.165) is 5.56 Å². The summed E-state index contributed by atoms with van der Waals surface area (Å²) in [5, 5.41) is 13.9. The molecule has 0 unspecified atom stereocenters. The van der Waals surface area contributed by atoms with Crippen LogP contribution < -0.4 is 11.5 Å². The summed E-state index contributed by atoms with van der Waals surface area (Å²) in [4.78, 5) is 23.0. The van der Waals surface area contributed by atoms with Crippen LogP contribution in [0.4, 0.5) is 11.8 Å². The minimum atomic E-state index is -0.894. The van der Waals surface area contributed by atoms with Gasteiger partial charge in [-0.2, -0.15) is 10.1 Å². The van der Waals surface area contributed by atoms with Crippen LogP contribution in [0.15, 0.2) is 28.9 Å². The Kier molecular flexibility index (Phi) is 5.91. The number of carboxylic acid groups (broad SMARTS) is 1. The number of aromatic nitrogens is 5. The van der Waals surface area contributed by atoms with Crippen molar-refractivity contribution in [3.63, 3.8) is 0 Å². The second-order valence-electron chi connectivity index (χ2n) is 6.63. The zero-order chi connectivity index (χ0) is 21.8. The SMILES string of the molecule is Nc1nc2cc(-c3nn(CCOCCOCCC(=O)O)c4ncnc(N)c34)ccc2o1. The van der Waals surface area contributed by atoms with Crippen LogP contribution in [-0.4, -0.2) is 62.2 Å². The summed E-state index contributed by atoms with van der Waals surface area (Å²) in [5.41, 5.74) is 14.9. The molecule has 0 spiro atoms. The summed E-state index contributed by atoms with van der Waals surface area (Å²) >= 11 is 0. The highest BCUT2D eigenvalue weighted by Crippen LogP contribution is 2.32. The highest BCUT2D eigenvalue weighted by Gasteiger charge is 2.18. The van der Waals surface area contributed by atoms with Gasteiger partial charge in [-0.05, 0) is 18.2 Å². The van der Waals surface area contributed by atoms with Gasteiger partial charge in [0.25, 0.3) is 6.01 Å². The minimum absolute atomic E-state index is 0.0318. The maximum absolute atomic E-state index is 10.4. The van der Waals surface area contributed by atoms with E-state index in [2.05, 4.69) is 20.1 Å². The van der Waals surface area contributed by atoms with Gasteiger partial charge in [0, 0.05) is 5.56 Å². The maximum Gasteiger partial charge on any atom is 0.305 e. The number of fused-ring (bicyclic) bond motifs is 2. The number of hydrogen-bond acceptors (Lipinski definition) is 10. The van der Waals surface area contributed by atoms with Gasteiger partial charge in [0.2, 0.25) is 0 Å². The summed E-state index contributed by atoms with van der Waals surface area (Å²) in [6.45, 7) is 1.60. The molecule has 0 radical (unpaired) electrons. The number of oxazole rings is 1. The lowest BCUT2D eigenvalue weighted by atomic mass is 10.1. The molecule has 12 heteroatoms. The molecule has 162 valence electrons. The van der Waals surface area contributed by atoms with Crippen molar-refractivity contribution >= 4 is 39.9 Å². The Bertz CT molecular complexity index is 1220. The number of nitrogens with two attached hydrogens (primary N) is 2. The van der Waals surface area contributed by atoms with Crippen LogP contribution in [0.5, 0.6) is 0 Å². The second-order valence-corrected chi connectivity index (χ2v) is 6.63. The fourth-order valence-electron chi connectivity index (χ4n) is 3.11.